The topological polar surface area (TPSA) is 20.3 Å². The third-order valence-corrected chi connectivity index (χ3v) is 3.02. The van der Waals surface area contributed by atoms with Crippen molar-refractivity contribution in [2.45, 2.75) is 12.8 Å². The Morgan fingerprint density at radius 3 is 2.92 bits per heavy atom. The smallest absolute Gasteiger partial charge is 0.227 e. The fourth-order valence-corrected chi connectivity index (χ4v) is 2.23. The normalized spacial score (nSPS) is 17.4. The highest BCUT2D eigenvalue weighted by Crippen LogP contribution is 2.29. The minimum atomic E-state index is 0.212. The molecule has 4 heteroatoms. The highest BCUT2D eigenvalue weighted by molar-refractivity contribution is 7.14. The summed E-state index contributed by atoms with van der Waals surface area (Å²) in [7, 11) is 0. The summed E-state index contributed by atoms with van der Waals surface area (Å²) in [6.45, 7) is 0.839. The SMILES string of the molecule is O=C1CCCN1c1csc(Cl)c1. The molecule has 0 spiro atoms. The van der Waals surface area contributed by atoms with E-state index in [9.17, 15) is 4.79 Å². The molecule has 0 atom stereocenters. The first kappa shape index (κ1) is 8.08. The monoisotopic (exact) mass is 201 g/mol. The number of carbonyl (C=O) groups excluding carboxylic acids is 1. The number of rotatable bonds is 1. The Bertz CT molecular complexity index is 310. The van der Waals surface area contributed by atoms with Gasteiger partial charge in [0.1, 0.15) is 0 Å². The molecule has 1 aromatic rings. The maximum Gasteiger partial charge on any atom is 0.227 e. The van der Waals surface area contributed by atoms with Crippen molar-refractivity contribution in [1.82, 2.24) is 0 Å². The van der Waals surface area contributed by atoms with Crippen LogP contribution < -0.4 is 4.90 Å². The second kappa shape index (κ2) is 3.07. The Kier molecular flexibility index (Phi) is 2.07. The van der Waals surface area contributed by atoms with Crippen molar-refractivity contribution in [2.75, 3.05) is 11.4 Å². The van der Waals surface area contributed by atoms with E-state index in [1.807, 2.05) is 11.4 Å². The van der Waals surface area contributed by atoms with Gasteiger partial charge < -0.3 is 4.90 Å². The van der Waals surface area contributed by atoms with Gasteiger partial charge in [-0.2, -0.15) is 0 Å². The van der Waals surface area contributed by atoms with Crippen molar-refractivity contribution in [3.05, 3.63) is 15.8 Å². The minimum absolute atomic E-state index is 0.212. The zero-order valence-corrected chi connectivity index (χ0v) is 7.99. The second-order valence-corrected chi connectivity index (χ2v) is 4.30. The molecule has 2 nitrogen and oxygen atoms in total. The molecule has 0 aromatic carbocycles. The van der Waals surface area contributed by atoms with Gasteiger partial charge in [0.2, 0.25) is 5.91 Å². The highest BCUT2D eigenvalue weighted by Gasteiger charge is 2.22. The number of hydrogen-bond acceptors (Lipinski definition) is 2. The predicted molar refractivity (Wildman–Crippen MR) is 50.9 cm³/mol. The molecule has 1 saturated heterocycles. The van der Waals surface area contributed by atoms with Gasteiger partial charge in [-0.05, 0) is 12.5 Å². The summed E-state index contributed by atoms with van der Waals surface area (Å²) >= 11 is 7.23. The van der Waals surface area contributed by atoms with Crippen LogP contribution in [0.2, 0.25) is 4.34 Å². The number of thiophene rings is 1. The summed E-state index contributed by atoms with van der Waals surface area (Å²) in [4.78, 5) is 13.1. The van der Waals surface area contributed by atoms with Crippen LogP contribution in [-0.2, 0) is 4.79 Å². The van der Waals surface area contributed by atoms with Crippen molar-refractivity contribution < 1.29 is 4.79 Å². The summed E-state index contributed by atoms with van der Waals surface area (Å²) in [6, 6.07) is 1.84. The van der Waals surface area contributed by atoms with E-state index in [1.54, 1.807) is 4.90 Å². The van der Waals surface area contributed by atoms with E-state index >= 15 is 0 Å². The van der Waals surface area contributed by atoms with E-state index in [0.717, 1.165) is 23.0 Å². The molecule has 64 valence electrons. The number of nitrogens with zero attached hydrogens (tertiary/aromatic N) is 1. The first-order valence-electron chi connectivity index (χ1n) is 3.82. The van der Waals surface area contributed by atoms with Gasteiger partial charge in [-0.1, -0.05) is 11.6 Å². The van der Waals surface area contributed by atoms with Crippen LogP contribution in [0.5, 0.6) is 0 Å². The lowest BCUT2D eigenvalue weighted by atomic mass is 10.4. The molecule has 0 unspecified atom stereocenters. The summed E-state index contributed by atoms with van der Waals surface area (Å²) in [6.07, 6.45) is 1.64. The van der Waals surface area contributed by atoms with Gasteiger partial charge in [-0.25, -0.2) is 0 Å². The van der Waals surface area contributed by atoms with E-state index < -0.39 is 0 Å². The zero-order chi connectivity index (χ0) is 8.55. The van der Waals surface area contributed by atoms with Gasteiger partial charge in [-0.15, -0.1) is 11.3 Å². The average molecular weight is 202 g/mol. The Balaban J connectivity index is 2.24. The molecule has 0 saturated carbocycles. The van der Waals surface area contributed by atoms with Gasteiger partial charge >= 0.3 is 0 Å². The van der Waals surface area contributed by atoms with E-state index in [-0.39, 0.29) is 5.91 Å². The summed E-state index contributed by atoms with van der Waals surface area (Å²) in [5.74, 6) is 0.212. The Morgan fingerprint density at radius 2 is 2.42 bits per heavy atom. The molecule has 0 radical (unpaired) electrons. The fraction of sp³-hybridized carbons (Fsp3) is 0.375. The van der Waals surface area contributed by atoms with Crippen LogP contribution in [0.1, 0.15) is 12.8 Å². The van der Waals surface area contributed by atoms with Crippen molar-refractivity contribution in [1.29, 1.82) is 0 Å². The van der Waals surface area contributed by atoms with Crippen LogP contribution in [0.3, 0.4) is 0 Å². The molecule has 1 aromatic heterocycles. The molecule has 2 heterocycles. The highest BCUT2D eigenvalue weighted by atomic mass is 35.5. The third kappa shape index (κ3) is 1.34. The number of amides is 1. The fourth-order valence-electron chi connectivity index (χ4n) is 1.36. The Morgan fingerprint density at radius 1 is 1.58 bits per heavy atom. The Labute approximate surface area is 79.8 Å². The van der Waals surface area contributed by atoms with Gasteiger partial charge in [0.15, 0.2) is 0 Å². The standard InChI is InChI=1S/C8H8ClNOS/c9-7-4-6(5-12-7)10-3-1-2-8(10)11/h4-5H,1-3H2. The molecule has 0 aliphatic carbocycles. The van der Waals surface area contributed by atoms with Crippen LogP contribution in [0.15, 0.2) is 11.4 Å². The lowest BCUT2D eigenvalue weighted by Crippen LogP contribution is -2.22. The predicted octanol–water partition coefficient (Wildman–Crippen LogP) is 2.53. The van der Waals surface area contributed by atoms with E-state index in [1.165, 1.54) is 11.3 Å². The van der Waals surface area contributed by atoms with Gasteiger partial charge in [-0.3, -0.25) is 4.79 Å². The summed E-state index contributed by atoms with van der Waals surface area (Å²) in [5, 5.41) is 1.92. The summed E-state index contributed by atoms with van der Waals surface area (Å²) < 4.78 is 0.740. The Hall–Kier alpha value is -0.540. The van der Waals surface area contributed by atoms with Crippen LogP contribution in [-0.4, -0.2) is 12.5 Å². The molecule has 12 heavy (non-hydrogen) atoms. The lowest BCUT2D eigenvalue weighted by molar-refractivity contribution is -0.117. The molecular weight excluding hydrogens is 194 g/mol. The number of hydrogen-bond donors (Lipinski definition) is 0. The van der Waals surface area contributed by atoms with E-state index in [4.69, 9.17) is 11.6 Å². The largest absolute Gasteiger partial charge is 0.312 e. The number of anilines is 1. The van der Waals surface area contributed by atoms with Crippen molar-refractivity contribution >= 4 is 34.5 Å². The molecule has 0 bridgehead atoms. The molecule has 1 amide bonds. The minimum Gasteiger partial charge on any atom is -0.312 e. The van der Waals surface area contributed by atoms with Crippen molar-refractivity contribution in [2.24, 2.45) is 0 Å². The summed E-state index contributed by atoms with van der Waals surface area (Å²) in [5.41, 5.74) is 0.951. The third-order valence-electron chi connectivity index (χ3n) is 1.94. The first-order valence-corrected chi connectivity index (χ1v) is 5.07. The second-order valence-electron chi connectivity index (χ2n) is 2.76. The first-order chi connectivity index (χ1) is 5.77. The van der Waals surface area contributed by atoms with Crippen LogP contribution in [0, 0.1) is 0 Å². The van der Waals surface area contributed by atoms with E-state index in [2.05, 4.69) is 0 Å². The molecule has 1 fully saturated rings. The van der Waals surface area contributed by atoms with Gasteiger partial charge in [0.25, 0.3) is 0 Å². The average Bonchev–Trinajstić information content (AvgIpc) is 2.58. The maximum atomic E-state index is 11.3. The molecule has 1 aliphatic rings. The van der Waals surface area contributed by atoms with Crippen LogP contribution in [0.25, 0.3) is 0 Å². The molecule has 2 rings (SSSR count). The quantitative estimate of drug-likeness (QED) is 0.684. The number of carbonyl (C=O) groups is 1. The van der Waals surface area contributed by atoms with E-state index in [0.29, 0.717) is 6.42 Å². The van der Waals surface area contributed by atoms with Gasteiger partial charge in [0.05, 0.1) is 10.0 Å². The van der Waals surface area contributed by atoms with Crippen LogP contribution >= 0.6 is 22.9 Å². The zero-order valence-electron chi connectivity index (χ0n) is 6.42. The van der Waals surface area contributed by atoms with Crippen molar-refractivity contribution in [3.63, 3.8) is 0 Å². The molecule has 0 N–H and O–H groups in total. The molecule has 1 aliphatic heterocycles. The lowest BCUT2D eigenvalue weighted by Gasteiger charge is -2.12. The van der Waals surface area contributed by atoms with Crippen LogP contribution in [0.4, 0.5) is 5.69 Å². The maximum absolute atomic E-state index is 11.3. The van der Waals surface area contributed by atoms with Crippen molar-refractivity contribution in [3.8, 4) is 0 Å². The number of halogens is 1. The molecular formula is C8H8ClNOS. The van der Waals surface area contributed by atoms with Gasteiger partial charge in [0, 0.05) is 18.3 Å².